The van der Waals surface area contributed by atoms with Gasteiger partial charge in [0.05, 0.1) is 4.90 Å². The van der Waals surface area contributed by atoms with Crippen LogP contribution in [-0.4, -0.2) is 26.5 Å². The Morgan fingerprint density at radius 1 is 1.44 bits per heavy atom. The number of nitrogens with two attached hydrogens (primary N) is 1. The maximum atomic E-state index is 12.2. The van der Waals surface area contributed by atoms with E-state index in [9.17, 15) is 8.42 Å². The molecule has 0 bridgehead atoms. The van der Waals surface area contributed by atoms with Gasteiger partial charge in [-0.3, -0.25) is 0 Å². The normalized spacial score (nSPS) is 13.5. The monoisotopic (exact) mass is 288 g/mol. The molecular weight excluding hydrogens is 268 g/mol. The molecule has 1 atom stereocenters. The first-order valence-corrected chi connectivity index (χ1v) is 8.58. The zero-order valence-corrected chi connectivity index (χ0v) is 12.6. The molecule has 102 valence electrons. The Kier molecular flexibility index (Phi) is 5.49. The predicted octanol–water partition coefficient (Wildman–Crippen LogP) is 1.86. The molecule has 0 aliphatic carbocycles. The molecular formula is C12H20N2O2S2. The molecule has 1 unspecified atom stereocenters. The van der Waals surface area contributed by atoms with Crippen LogP contribution in [0.2, 0.25) is 0 Å². The van der Waals surface area contributed by atoms with Crippen LogP contribution in [0.1, 0.15) is 19.4 Å². The molecule has 0 amide bonds. The molecule has 0 radical (unpaired) electrons. The Balaban J connectivity index is 3.00. The van der Waals surface area contributed by atoms with Gasteiger partial charge in [0.15, 0.2) is 0 Å². The summed E-state index contributed by atoms with van der Waals surface area (Å²) in [6, 6.07) is 5.01. The van der Waals surface area contributed by atoms with Crippen LogP contribution >= 0.6 is 11.8 Å². The lowest BCUT2D eigenvalue weighted by Gasteiger charge is -2.13. The summed E-state index contributed by atoms with van der Waals surface area (Å²) in [4.78, 5) is 0.290. The van der Waals surface area contributed by atoms with Gasteiger partial charge in [-0.1, -0.05) is 19.9 Å². The van der Waals surface area contributed by atoms with E-state index in [4.69, 9.17) is 5.73 Å². The van der Waals surface area contributed by atoms with Gasteiger partial charge in [0, 0.05) is 17.5 Å². The topological polar surface area (TPSA) is 72.2 Å². The number of sulfonamides is 1. The standard InChI is InChI=1S/C12H20N2O2S2/c1-4-10-5-6-11(13)7-12(10)18(15,16)14-8-9(2)17-3/h5-7,9,14H,4,8,13H2,1-3H3. The van der Waals surface area contributed by atoms with E-state index in [0.29, 0.717) is 23.5 Å². The third kappa shape index (κ3) is 3.90. The minimum absolute atomic E-state index is 0.242. The minimum Gasteiger partial charge on any atom is -0.399 e. The highest BCUT2D eigenvalue weighted by atomic mass is 32.2. The first kappa shape index (κ1) is 15.3. The molecule has 4 nitrogen and oxygen atoms in total. The van der Waals surface area contributed by atoms with E-state index >= 15 is 0 Å². The maximum Gasteiger partial charge on any atom is 0.240 e. The van der Waals surface area contributed by atoms with Crippen molar-refractivity contribution in [2.75, 3.05) is 18.5 Å². The van der Waals surface area contributed by atoms with Gasteiger partial charge < -0.3 is 5.73 Å². The second-order valence-electron chi connectivity index (χ2n) is 4.12. The van der Waals surface area contributed by atoms with Crippen LogP contribution in [-0.2, 0) is 16.4 Å². The van der Waals surface area contributed by atoms with Gasteiger partial charge in [-0.2, -0.15) is 11.8 Å². The van der Waals surface area contributed by atoms with Crippen LogP contribution in [0.25, 0.3) is 0 Å². The van der Waals surface area contributed by atoms with Crippen molar-refractivity contribution >= 4 is 27.5 Å². The summed E-state index contributed by atoms with van der Waals surface area (Å²) in [7, 11) is -3.47. The van der Waals surface area contributed by atoms with Crippen molar-refractivity contribution in [1.82, 2.24) is 4.72 Å². The molecule has 1 aromatic carbocycles. The van der Waals surface area contributed by atoms with Crippen LogP contribution in [0.5, 0.6) is 0 Å². The summed E-state index contributed by atoms with van der Waals surface area (Å²) in [5, 5.41) is 0.242. The van der Waals surface area contributed by atoms with Crippen LogP contribution in [0.15, 0.2) is 23.1 Å². The molecule has 0 spiro atoms. The van der Waals surface area contributed by atoms with Gasteiger partial charge in [0.1, 0.15) is 0 Å². The molecule has 0 fully saturated rings. The van der Waals surface area contributed by atoms with Crippen molar-refractivity contribution in [2.45, 2.75) is 30.4 Å². The maximum absolute atomic E-state index is 12.2. The number of benzene rings is 1. The Morgan fingerprint density at radius 3 is 2.67 bits per heavy atom. The number of thioether (sulfide) groups is 1. The lowest BCUT2D eigenvalue weighted by Crippen LogP contribution is -2.30. The summed E-state index contributed by atoms with van der Waals surface area (Å²) in [5.41, 5.74) is 6.91. The fourth-order valence-corrected chi connectivity index (χ4v) is 3.33. The number of nitrogens with one attached hydrogen (secondary N) is 1. The second kappa shape index (κ2) is 6.45. The SMILES string of the molecule is CCc1ccc(N)cc1S(=O)(=O)NCC(C)SC. The number of hydrogen-bond acceptors (Lipinski definition) is 4. The molecule has 0 heterocycles. The van der Waals surface area contributed by atoms with E-state index < -0.39 is 10.0 Å². The largest absolute Gasteiger partial charge is 0.399 e. The highest BCUT2D eigenvalue weighted by Gasteiger charge is 2.18. The van der Waals surface area contributed by atoms with Crippen LogP contribution in [0.3, 0.4) is 0 Å². The highest BCUT2D eigenvalue weighted by Crippen LogP contribution is 2.19. The van der Waals surface area contributed by atoms with E-state index in [0.717, 1.165) is 5.56 Å². The number of nitrogen functional groups attached to an aromatic ring is 1. The molecule has 1 aromatic rings. The Bertz CT molecular complexity index is 501. The first-order valence-electron chi connectivity index (χ1n) is 5.81. The fourth-order valence-electron chi connectivity index (χ4n) is 1.50. The Hall–Kier alpha value is -0.720. The highest BCUT2D eigenvalue weighted by molar-refractivity contribution is 7.99. The van der Waals surface area contributed by atoms with Crippen molar-refractivity contribution in [3.05, 3.63) is 23.8 Å². The molecule has 18 heavy (non-hydrogen) atoms. The van der Waals surface area contributed by atoms with E-state index in [1.54, 1.807) is 23.9 Å². The second-order valence-corrected chi connectivity index (χ2v) is 7.13. The van der Waals surface area contributed by atoms with Crippen LogP contribution in [0, 0.1) is 0 Å². The minimum atomic E-state index is -3.47. The fraction of sp³-hybridized carbons (Fsp3) is 0.500. The molecule has 0 saturated heterocycles. The van der Waals surface area contributed by atoms with Gasteiger partial charge >= 0.3 is 0 Å². The number of rotatable bonds is 6. The molecule has 0 aliphatic rings. The third-order valence-corrected chi connectivity index (χ3v) is 5.20. The number of hydrogen-bond donors (Lipinski definition) is 2. The molecule has 0 saturated carbocycles. The first-order chi connectivity index (χ1) is 8.40. The van der Waals surface area contributed by atoms with Gasteiger partial charge in [0.2, 0.25) is 10.0 Å². The van der Waals surface area contributed by atoms with Gasteiger partial charge in [0.25, 0.3) is 0 Å². The molecule has 0 aromatic heterocycles. The van der Waals surface area contributed by atoms with E-state index in [2.05, 4.69) is 4.72 Å². The Morgan fingerprint density at radius 2 is 2.11 bits per heavy atom. The quantitative estimate of drug-likeness (QED) is 0.784. The van der Waals surface area contributed by atoms with E-state index in [-0.39, 0.29) is 5.25 Å². The summed E-state index contributed by atoms with van der Waals surface area (Å²) in [5.74, 6) is 0. The van der Waals surface area contributed by atoms with Crippen molar-refractivity contribution in [3.8, 4) is 0 Å². The zero-order valence-electron chi connectivity index (χ0n) is 10.9. The van der Waals surface area contributed by atoms with Gasteiger partial charge in [-0.25, -0.2) is 13.1 Å². The lowest BCUT2D eigenvalue weighted by atomic mass is 10.1. The van der Waals surface area contributed by atoms with E-state index in [1.165, 1.54) is 6.07 Å². The van der Waals surface area contributed by atoms with Crippen molar-refractivity contribution in [2.24, 2.45) is 0 Å². The van der Waals surface area contributed by atoms with E-state index in [1.807, 2.05) is 20.1 Å². The van der Waals surface area contributed by atoms with Gasteiger partial charge in [-0.05, 0) is 30.4 Å². The van der Waals surface area contributed by atoms with Crippen LogP contribution in [0.4, 0.5) is 5.69 Å². The summed E-state index contributed by atoms with van der Waals surface area (Å²) in [6.45, 7) is 4.32. The lowest BCUT2D eigenvalue weighted by molar-refractivity contribution is 0.580. The van der Waals surface area contributed by atoms with Gasteiger partial charge in [-0.15, -0.1) is 0 Å². The number of anilines is 1. The zero-order chi connectivity index (χ0) is 13.8. The van der Waals surface area contributed by atoms with Crippen molar-refractivity contribution in [3.63, 3.8) is 0 Å². The average molecular weight is 288 g/mol. The smallest absolute Gasteiger partial charge is 0.240 e. The van der Waals surface area contributed by atoms with Crippen LogP contribution < -0.4 is 10.5 Å². The average Bonchev–Trinajstić information content (AvgIpc) is 2.36. The van der Waals surface area contributed by atoms with Crippen molar-refractivity contribution in [1.29, 1.82) is 0 Å². The molecule has 0 aliphatic heterocycles. The summed E-state index contributed by atoms with van der Waals surface area (Å²) >= 11 is 1.62. The molecule has 1 rings (SSSR count). The molecule has 3 N–H and O–H groups in total. The predicted molar refractivity (Wildman–Crippen MR) is 78.4 cm³/mol. The van der Waals surface area contributed by atoms with Crippen molar-refractivity contribution < 1.29 is 8.42 Å². The molecule has 6 heteroatoms. The number of aryl methyl sites for hydroxylation is 1. The Labute approximate surface area is 113 Å². The summed E-state index contributed by atoms with van der Waals surface area (Å²) < 4.78 is 27.0. The summed E-state index contributed by atoms with van der Waals surface area (Å²) in [6.07, 6.45) is 2.62. The third-order valence-electron chi connectivity index (χ3n) is 2.72.